The van der Waals surface area contributed by atoms with E-state index in [1.54, 1.807) is 11.3 Å². The van der Waals surface area contributed by atoms with Gasteiger partial charge in [-0.1, -0.05) is 0 Å². The van der Waals surface area contributed by atoms with E-state index >= 15 is 0 Å². The van der Waals surface area contributed by atoms with Crippen molar-refractivity contribution in [1.29, 1.82) is 0 Å². The molecule has 0 spiro atoms. The topological polar surface area (TPSA) is 63.1 Å². The largest absolute Gasteiger partial charge is 0.337 e. The summed E-state index contributed by atoms with van der Waals surface area (Å²) in [6.45, 7) is 5.09. The van der Waals surface area contributed by atoms with Crippen molar-refractivity contribution in [3.63, 3.8) is 0 Å². The van der Waals surface area contributed by atoms with Crippen LogP contribution in [0.2, 0.25) is 0 Å². The third-order valence-corrected chi connectivity index (χ3v) is 6.02. The maximum atomic E-state index is 12.7. The first kappa shape index (κ1) is 15.8. The molecule has 0 bridgehead atoms. The highest BCUT2D eigenvalue weighted by molar-refractivity contribution is 7.10. The SMILES string of the molecule is C[C@@H](NCc1nnc2n1CCCC2)C(=O)N1CCc2sccc2C1. The van der Waals surface area contributed by atoms with Crippen LogP contribution in [0, 0.1) is 0 Å². The molecular formula is C17H23N5OS. The molecule has 0 aromatic carbocycles. The predicted molar refractivity (Wildman–Crippen MR) is 92.7 cm³/mol. The van der Waals surface area contributed by atoms with Gasteiger partial charge in [-0.05, 0) is 43.2 Å². The number of carbonyl (C=O) groups excluding carboxylic acids is 1. The van der Waals surface area contributed by atoms with Crippen LogP contribution < -0.4 is 5.32 Å². The third-order valence-electron chi connectivity index (χ3n) is 4.99. The van der Waals surface area contributed by atoms with Crippen LogP contribution in [0.4, 0.5) is 0 Å². The number of rotatable bonds is 4. The number of fused-ring (bicyclic) bond motifs is 2. The second kappa shape index (κ2) is 6.64. The zero-order valence-electron chi connectivity index (χ0n) is 14.0. The zero-order valence-corrected chi connectivity index (χ0v) is 14.8. The van der Waals surface area contributed by atoms with Crippen LogP contribution in [0.1, 0.15) is 41.9 Å². The number of hydrogen-bond acceptors (Lipinski definition) is 5. The summed E-state index contributed by atoms with van der Waals surface area (Å²) in [7, 11) is 0. The Bertz CT molecular complexity index is 737. The molecule has 4 heterocycles. The second-order valence-corrected chi connectivity index (χ2v) is 7.62. The van der Waals surface area contributed by atoms with Gasteiger partial charge in [-0.15, -0.1) is 21.5 Å². The lowest BCUT2D eigenvalue weighted by Crippen LogP contribution is -2.46. The quantitative estimate of drug-likeness (QED) is 0.917. The number of aryl methyl sites for hydroxylation is 1. The van der Waals surface area contributed by atoms with Gasteiger partial charge in [0.25, 0.3) is 0 Å². The molecule has 1 N–H and O–H groups in total. The van der Waals surface area contributed by atoms with Crippen molar-refractivity contribution in [3.8, 4) is 0 Å². The molecule has 0 fully saturated rings. The van der Waals surface area contributed by atoms with Gasteiger partial charge in [0.05, 0.1) is 12.6 Å². The van der Waals surface area contributed by atoms with E-state index in [-0.39, 0.29) is 11.9 Å². The molecule has 0 radical (unpaired) electrons. The lowest BCUT2D eigenvalue weighted by atomic mass is 10.1. The molecule has 24 heavy (non-hydrogen) atoms. The molecule has 0 saturated heterocycles. The maximum Gasteiger partial charge on any atom is 0.239 e. The minimum atomic E-state index is -0.207. The Morgan fingerprint density at radius 3 is 3.17 bits per heavy atom. The molecule has 2 aliphatic heterocycles. The van der Waals surface area contributed by atoms with Crippen molar-refractivity contribution in [2.24, 2.45) is 0 Å². The van der Waals surface area contributed by atoms with E-state index in [1.165, 1.54) is 23.3 Å². The molecule has 1 amide bonds. The van der Waals surface area contributed by atoms with Crippen molar-refractivity contribution in [2.75, 3.05) is 6.54 Å². The van der Waals surface area contributed by atoms with Gasteiger partial charge >= 0.3 is 0 Å². The molecule has 4 rings (SSSR count). The molecular weight excluding hydrogens is 322 g/mol. The number of nitrogens with one attached hydrogen (secondary N) is 1. The lowest BCUT2D eigenvalue weighted by Gasteiger charge is -2.29. The molecule has 1 atom stereocenters. The minimum Gasteiger partial charge on any atom is -0.337 e. The van der Waals surface area contributed by atoms with Crippen LogP contribution >= 0.6 is 11.3 Å². The van der Waals surface area contributed by atoms with Crippen LogP contribution in [0.15, 0.2) is 11.4 Å². The summed E-state index contributed by atoms with van der Waals surface area (Å²) >= 11 is 1.80. The Balaban J connectivity index is 1.35. The summed E-state index contributed by atoms with van der Waals surface area (Å²) in [6.07, 6.45) is 4.37. The minimum absolute atomic E-state index is 0.172. The van der Waals surface area contributed by atoms with Crippen molar-refractivity contribution in [1.82, 2.24) is 25.0 Å². The van der Waals surface area contributed by atoms with Crippen LogP contribution in [-0.4, -0.2) is 38.2 Å². The van der Waals surface area contributed by atoms with E-state index in [9.17, 15) is 4.79 Å². The molecule has 0 unspecified atom stereocenters. The highest BCUT2D eigenvalue weighted by Crippen LogP contribution is 2.24. The van der Waals surface area contributed by atoms with Crippen molar-refractivity contribution in [3.05, 3.63) is 33.5 Å². The van der Waals surface area contributed by atoms with Gasteiger partial charge in [0.1, 0.15) is 11.6 Å². The molecule has 2 aromatic rings. The average molecular weight is 345 g/mol. The fourth-order valence-electron chi connectivity index (χ4n) is 3.54. The number of carbonyl (C=O) groups is 1. The number of nitrogens with zero attached hydrogens (tertiary/aromatic N) is 4. The van der Waals surface area contributed by atoms with E-state index in [4.69, 9.17) is 0 Å². The monoisotopic (exact) mass is 345 g/mol. The Morgan fingerprint density at radius 2 is 2.25 bits per heavy atom. The summed E-state index contributed by atoms with van der Waals surface area (Å²) < 4.78 is 2.20. The van der Waals surface area contributed by atoms with Gasteiger partial charge in [-0.3, -0.25) is 10.1 Å². The second-order valence-electron chi connectivity index (χ2n) is 6.62. The van der Waals surface area contributed by atoms with Crippen molar-refractivity contribution in [2.45, 2.75) is 58.3 Å². The van der Waals surface area contributed by atoms with Gasteiger partial charge in [-0.2, -0.15) is 0 Å². The Morgan fingerprint density at radius 1 is 1.33 bits per heavy atom. The molecule has 2 aromatic heterocycles. The van der Waals surface area contributed by atoms with Gasteiger partial charge in [0.2, 0.25) is 5.91 Å². The van der Waals surface area contributed by atoms with Gasteiger partial charge in [-0.25, -0.2) is 0 Å². The molecule has 2 aliphatic rings. The standard InChI is InChI=1S/C17H23N5OS/c1-12(17(23)21-8-5-14-13(11-21)6-9-24-14)18-10-16-20-19-15-4-2-3-7-22(15)16/h6,9,12,18H,2-5,7-8,10-11H2,1H3/t12-/m1/s1. The third kappa shape index (κ3) is 2.98. The molecule has 128 valence electrons. The Labute approximate surface area is 145 Å². The normalized spacial score (nSPS) is 18.1. The molecule has 0 saturated carbocycles. The van der Waals surface area contributed by atoms with E-state index in [1.807, 2.05) is 11.8 Å². The Hall–Kier alpha value is -1.73. The first-order chi connectivity index (χ1) is 11.7. The fourth-order valence-corrected chi connectivity index (χ4v) is 4.43. The highest BCUT2D eigenvalue weighted by Gasteiger charge is 2.25. The van der Waals surface area contributed by atoms with E-state index in [0.717, 1.165) is 44.1 Å². The summed E-state index contributed by atoms with van der Waals surface area (Å²) in [5.41, 5.74) is 1.30. The Kier molecular flexibility index (Phi) is 4.37. The summed E-state index contributed by atoms with van der Waals surface area (Å²) in [5, 5.41) is 14.0. The predicted octanol–water partition coefficient (Wildman–Crippen LogP) is 1.74. The van der Waals surface area contributed by atoms with Crippen molar-refractivity contribution < 1.29 is 4.79 Å². The van der Waals surface area contributed by atoms with Gasteiger partial charge in [0, 0.05) is 30.9 Å². The van der Waals surface area contributed by atoms with Crippen LogP contribution in [0.25, 0.3) is 0 Å². The van der Waals surface area contributed by atoms with Gasteiger partial charge < -0.3 is 9.47 Å². The zero-order chi connectivity index (χ0) is 16.5. The highest BCUT2D eigenvalue weighted by atomic mass is 32.1. The van der Waals surface area contributed by atoms with E-state index < -0.39 is 0 Å². The number of aromatic nitrogens is 3. The number of hydrogen-bond donors (Lipinski definition) is 1. The van der Waals surface area contributed by atoms with Crippen LogP contribution in [0.3, 0.4) is 0 Å². The maximum absolute atomic E-state index is 12.7. The molecule has 6 nitrogen and oxygen atoms in total. The summed E-state index contributed by atoms with van der Waals surface area (Å²) in [4.78, 5) is 16.1. The first-order valence-electron chi connectivity index (χ1n) is 8.71. The van der Waals surface area contributed by atoms with Crippen LogP contribution in [-0.2, 0) is 37.3 Å². The lowest BCUT2D eigenvalue weighted by molar-refractivity contribution is -0.134. The van der Waals surface area contributed by atoms with Crippen LogP contribution in [0.5, 0.6) is 0 Å². The fraction of sp³-hybridized carbons (Fsp3) is 0.588. The average Bonchev–Trinajstić information content (AvgIpc) is 3.25. The van der Waals surface area contributed by atoms with E-state index in [0.29, 0.717) is 6.54 Å². The number of thiophene rings is 1. The first-order valence-corrected chi connectivity index (χ1v) is 9.58. The summed E-state index contributed by atoms with van der Waals surface area (Å²) in [5.74, 6) is 2.20. The van der Waals surface area contributed by atoms with E-state index in [2.05, 4.69) is 31.5 Å². The molecule has 0 aliphatic carbocycles. The molecule has 7 heteroatoms. The number of amides is 1. The van der Waals surface area contributed by atoms with Gasteiger partial charge in [0.15, 0.2) is 0 Å². The smallest absolute Gasteiger partial charge is 0.239 e. The van der Waals surface area contributed by atoms with Crippen molar-refractivity contribution >= 4 is 17.2 Å². The summed E-state index contributed by atoms with van der Waals surface area (Å²) in [6, 6.07) is 1.93.